The fourth-order valence-corrected chi connectivity index (χ4v) is 2.69. The number of benzene rings is 1. The quantitative estimate of drug-likeness (QED) is 0.793. The molecule has 0 N–H and O–H groups in total. The molecule has 0 aliphatic carbocycles. The first-order chi connectivity index (χ1) is 8.63. The lowest BCUT2D eigenvalue weighted by Crippen LogP contribution is -2.39. The lowest BCUT2D eigenvalue weighted by Gasteiger charge is -2.30. The smallest absolute Gasteiger partial charge is 0.256 e. The van der Waals surface area contributed by atoms with Crippen LogP contribution >= 0.6 is 23.2 Å². The largest absolute Gasteiger partial charge is 0.337 e. The summed E-state index contributed by atoms with van der Waals surface area (Å²) in [6.45, 7) is 1.11. The van der Waals surface area contributed by atoms with Crippen LogP contribution in [0, 0.1) is 17.2 Å². The molecule has 1 amide bonds. The topological polar surface area (TPSA) is 44.1 Å². The number of nitrogens with zero attached hydrogens (tertiary/aromatic N) is 2. The molecule has 1 aliphatic heterocycles. The van der Waals surface area contributed by atoms with Crippen LogP contribution in [0.5, 0.6) is 0 Å². The Morgan fingerprint density at radius 3 is 2.67 bits per heavy atom. The van der Waals surface area contributed by atoms with Crippen LogP contribution in [0.25, 0.3) is 0 Å². The van der Waals surface area contributed by atoms with Gasteiger partial charge in [-0.25, -0.2) is 0 Å². The summed E-state index contributed by atoms with van der Waals surface area (Å²) in [6, 6.07) is 7.20. The number of rotatable bonds is 1. The molecule has 0 spiro atoms. The highest BCUT2D eigenvalue weighted by Gasteiger charge is 2.26. The van der Waals surface area contributed by atoms with Gasteiger partial charge in [-0.15, -0.1) is 0 Å². The van der Waals surface area contributed by atoms with E-state index in [9.17, 15) is 4.79 Å². The molecule has 1 saturated heterocycles. The van der Waals surface area contributed by atoms with Gasteiger partial charge >= 0.3 is 0 Å². The van der Waals surface area contributed by atoms with Gasteiger partial charge in [-0.05, 0) is 25.0 Å². The van der Waals surface area contributed by atoms with E-state index < -0.39 is 0 Å². The third kappa shape index (κ3) is 2.60. The molecule has 1 fully saturated rings. The number of nitriles is 1. The predicted octanol–water partition coefficient (Wildman–Crippen LogP) is 3.37. The second-order valence-corrected chi connectivity index (χ2v) is 5.13. The maximum absolute atomic E-state index is 12.4. The van der Waals surface area contributed by atoms with Gasteiger partial charge in [0.25, 0.3) is 5.91 Å². The van der Waals surface area contributed by atoms with Crippen LogP contribution in [0.15, 0.2) is 18.2 Å². The molecule has 0 radical (unpaired) electrons. The number of halogens is 2. The molecule has 5 heteroatoms. The minimum absolute atomic E-state index is 0.0936. The molecule has 0 bridgehead atoms. The van der Waals surface area contributed by atoms with E-state index >= 15 is 0 Å². The highest BCUT2D eigenvalue weighted by molar-refractivity contribution is 6.39. The van der Waals surface area contributed by atoms with Crippen molar-refractivity contribution < 1.29 is 4.79 Å². The minimum Gasteiger partial charge on any atom is -0.337 e. The van der Waals surface area contributed by atoms with Crippen molar-refractivity contribution in [3.63, 3.8) is 0 Å². The second-order valence-electron chi connectivity index (χ2n) is 4.32. The number of amides is 1. The summed E-state index contributed by atoms with van der Waals surface area (Å²) in [5, 5.41) is 9.64. The molecular weight excluding hydrogens is 271 g/mol. The molecule has 1 aliphatic rings. The summed E-state index contributed by atoms with van der Waals surface area (Å²) in [5.74, 6) is -0.283. The Balaban J connectivity index is 2.24. The van der Waals surface area contributed by atoms with Gasteiger partial charge in [0.2, 0.25) is 0 Å². The van der Waals surface area contributed by atoms with Gasteiger partial charge in [0.05, 0.1) is 27.6 Å². The normalized spacial score (nSPS) is 19.4. The first kappa shape index (κ1) is 13.2. The number of piperidine rings is 1. The lowest BCUT2D eigenvalue weighted by molar-refractivity contribution is 0.0699. The highest BCUT2D eigenvalue weighted by atomic mass is 35.5. The van der Waals surface area contributed by atoms with Gasteiger partial charge in [-0.1, -0.05) is 29.3 Å². The van der Waals surface area contributed by atoms with Crippen molar-refractivity contribution in [2.24, 2.45) is 5.92 Å². The molecule has 2 rings (SSSR count). The van der Waals surface area contributed by atoms with Crippen LogP contribution in [-0.4, -0.2) is 23.9 Å². The van der Waals surface area contributed by atoms with Gasteiger partial charge in [0.15, 0.2) is 0 Å². The molecular formula is C13H12Cl2N2O. The first-order valence-corrected chi connectivity index (χ1v) is 6.52. The summed E-state index contributed by atoms with van der Waals surface area (Å²) in [4.78, 5) is 14.0. The number of carbonyl (C=O) groups is 1. The zero-order valence-electron chi connectivity index (χ0n) is 9.70. The van der Waals surface area contributed by atoms with E-state index in [-0.39, 0.29) is 11.8 Å². The summed E-state index contributed by atoms with van der Waals surface area (Å²) < 4.78 is 0. The number of hydrogen-bond acceptors (Lipinski definition) is 2. The SMILES string of the molecule is N#CC1CCCN(C(=O)c2c(Cl)cccc2Cl)C1. The fourth-order valence-electron chi connectivity index (χ4n) is 2.13. The van der Waals surface area contributed by atoms with Crippen LogP contribution in [0.3, 0.4) is 0 Å². The zero-order chi connectivity index (χ0) is 13.1. The highest BCUT2D eigenvalue weighted by Crippen LogP contribution is 2.27. The van der Waals surface area contributed by atoms with Crippen molar-refractivity contribution in [3.05, 3.63) is 33.8 Å². The summed E-state index contributed by atoms with van der Waals surface area (Å²) in [6.07, 6.45) is 1.68. The van der Waals surface area contributed by atoms with Gasteiger partial charge in [0, 0.05) is 13.1 Å². The van der Waals surface area contributed by atoms with Crippen molar-refractivity contribution >= 4 is 29.1 Å². The van der Waals surface area contributed by atoms with Crippen LogP contribution in [0.2, 0.25) is 10.0 Å². The van der Waals surface area contributed by atoms with E-state index in [4.69, 9.17) is 28.5 Å². The van der Waals surface area contributed by atoms with Crippen LogP contribution in [0.1, 0.15) is 23.2 Å². The molecule has 0 aromatic heterocycles. The van der Waals surface area contributed by atoms with Crippen molar-refractivity contribution in [1.82, 2.24) is 4.90 Å². The average Bonchev–Trinajstić information content (AvgIpc) is 2.38. The van der Waals surface area contributed by atoms with Crippen molar-refractivity contribution in [1.29, 1.82) is 5.26 Å². The van der Waals surface area contributed by atoms with E-state index in [2.05, 4.69) is 6.07 Å². The Morgan fingerprint density at radius 1 is 1.39 bits per heavy atom. The molecule has 1 aromatic carbocycles. The fraction of sp³-hybridized carbons (Fsp3) is 0.385. The van der Waals surface area contributed by atoms with Gasteiger partial charge < -0.3 is 4.90 Å². The third-order valence-corrected chi connectivity index (χ3v) is 3.70. The maximum atomic E-state index is 12.4. The molecule has 1 heterocycles. The van der Waals surface area contributed by atoms with E-state index in [1.54, 1.807) is 23.1 Å². The third-order valence-electron chi connectivity index (χ3n) is 3.07. The Kier molecular flexibility index (Phi) is 4.11. The average molecular weight is 283 g/mol. The predicted molar refractivity (Wildman–Crippen MR) is 70.7 cm³/mol. The molecule has 0 saturated carbocycles. The Labute approximate surface area is 116 Å². The molecule has 3 nitrogen and oxygen atoms in total. The van der Waals surface area contributed by atoms with E-state index in [1.807, 2.05) is 0 Å². The minimum atomic E-state index is -0.189. The zero-order valence-corrected chi connectivity index (χ0v) is 11.2. The van der Waals surface area contributed by atoms with Crippen molar-refractivity contribution in [3.8, 4) is 6.07 Å². The summed E-state index contributed by atoms with van der Waals surface area (Å²) >= 11 is 12.0. The van der Waals surface area contributed by atoms with Gasteiger partial charge in [-0.2, -0.15) is 5.26 Å². The van der Waals surface area contributed by atoms with Crippen LogP contribution < -0.4 is 0 Å². The Bertz CT molecular complexity index is 490. The first-order valence-electron chi connectivity index (χ1n) is 5.76. The van der Waals surface area contributed by atoms with Crippen molar-refractivity contribution in [2.75, 3.05) is 13.1 Å². The molecule has 1 aromatic rings. The number of likely N-dealkylation sites (tertiary alicyclic amines) is 1. The monoisotopic (exact) mass is 282 g/mol. The molecule has 18 heavy (non-hydrogen) atoms. The number of carbonyl (C=O) groups excluding carboxylic acids is 1. The van der Waals surface area contributed by atoms with E-state index in [0.29, 0.717) is 28.7 Å². The van der Waals surface area contributed by atoms with Gasteiger partial charge in [0.1, 0.15) is 0 Å². The molecule has 1 unspecified atom stereocenters. The van der Waals surface area contributed by atoms with Crippen molar-refractivity contribution in [2.45, 2.75) is 12.8 Å². The Hall–Kier alpha value is -1.24. The van der Waals surface area contributed by atoms with E-state index in [1.165, 1.54) is 0 Å². The van der Waals surface area contributed by atoms with E-state index in [0.717, 1.165) is 12.8 Å². The lowest BCUT2D eigenvalue weighted by atomic mass is 9.99. The van der Waals surface area contributed by atoms with Gasteiger partial charge in [-0.3, -0.25) is 4.79 Å². The second kappa shape index (κ2) is 5.60. The van der Waals surface area contributed by atoms with Crippen LogP contribution in [-0.2, 0) is 0 Å². The van der Waals surface area contributed by atoms with Crippen LogP contribution in [0.4, 0.5) is 0 Å². The Morgan fingerprint density at radius 2 is 2.06 bits per heavy atom. The number of hydrogen-bond donors (Lipinski definition) is 0. The molecule has 1 atom stereocenters. The summed E-state index contributed by atoms with van der Waals surface area (Å²) in [7, 11) is 0. The standard InChI is InChI=1S/C13H12Cl2N2O/c14-10-4-1-5-11(15)12(10)13(18)17-6-2-3-9(7-16)8-17/h1,4-5,9H,2-3,6,8H2. The summed E-state index contributed by atoms with van der Waals surface area (Å²) in [5.41, 5.74) is 0.333. The maximum Gasteiger partial charge on any atom is 0.256 e. The molecule has 94 valence electrons.